The van der Waals surface area contributed by atoms with E-state index in [1.807, 2.05) is 38.1 Å². The Hall–Kier alpha value is -3.75. The molecule has 2 aliphatic heterocycles. The smallest absolute Gasteiger partial charge is 0.0906 e. The third-order valence-corrected chi connectivity index (χ3v) is 18.0. The number of aromatic nitrogens is 2. The summed E-state index contributed by atoms with van der Waals surface area (Å²) < 4.78 is 42.2. The van der Waals surface area contributed by atoms with Crippen LogP contribution in [0.3, 0.4) is 0 Å². The molecule has 4 aromatic rings. The summed E-state index contributed by atoms with van der Waals surface area (Å²) in [5.41, 5.74) is 17.8. The number of ether oxygens (including phenoxy) is 1. The minimum Gasteiger partial charge on any atom is -0.382 e. The number of aliphatic imine (C=N–C) groups is 1. The van der Waals surface area contributed by atoms with Crippen molar-refractivity contribution in [1.29, 1.82) is 0 Å². The fourth-order valence-electron chi connectivity index (χ4n) is 5.47. The van der Waals surface area contributed by atoms with Crippen LogP contribution in [0.25, 0.3) is 11.3 Å². The van der Waals surface area contributed by atoms with Crippen molar-refractivity contribution in [2.75, 3.05) is 39.8 Å². The van der Waals surface area contributed by atoms with E-state index in [1.54, 1.807) is 24.5 Å². The number of anilines is 1. The van der Waals surface area contributed by atoms with Crippen LogP contribution < -0.4 is 16.2 Å². The van der Waals surface area contributed by atoms with Crippen LogP contribution in [0.5, 0.6) is 5.75 Å². The Kier molecular flexibility index (Phi) is 14.6. The Balaban J connectivity index is 0.000000902. The van der Waals surface area contributed by atoms with Gasteiger partial charge in [0.15, 0.2) is 0 Å². The van der Waals surface area contributed by atoms with E-state index in [-0.39, 0.29) is 18.5 Å². The van der Waals surface area contributed by atoms with Crippen molar-refractivity contribution in [1.82, 2.24) is 9.97 Å². The number of nitrogens with zero attached hydrogens (tertiary/aromatic N) is 3. The van der Waals surface area contributed by atoms with Crippen LogP contribution in [0.15, 0.2) is 86.0 Å². The van der Waals surface area contributed by atoms with Crippen molar-refractivity contribution in [2.45, 2.75) is 32.6 Å². The average molecular weight is 822 g/mol. The number of nitrogens with two attached hydrogens (primary N) is 2. The van der Waals surface area contributed by atoms with E-state index in [4.69, 9.17) is 35.2 Å². The largest absolute Gasteiger partial charge is 0.382 e. The Bertz CT molecular complexity index is 1820. The second-order valence-electron chi connectivity index (χ2n) is 11.6. The standard InChI is InChI=1S/C33H34ClF2IN4O2.2C2H4.CH5NO/c1-20-12-22(13-24(31(20)38)17-39-10-5-9-35)14-27(23-6-4-7-25(36)15-23)29-16-28-33(42-18-37(28,3)19-43-37)32(41-29)26-8-11-40-21(2)30(26)34;2*1-2;2-1-3/h4,6-8,11-13,15-17,27H,5,9-10,14,18-19,38H2,1-3H3;2*1-2H2;3H,1-2H2. The zero-order valence-electron chi connectivity index (χ0n) is 28.9. The van der Waals surface area contributed by atoms with Crippen molar-refractivity contribution in [2.24, 2.45) is 10.7 Å². The van der Waals surface area contributed by atoms with Crippen molar-refractivity contribution >= 4 is 41.0 Å². The van der Waals surface area contributed by atoms with E-state index in [1.165, 1.54) is 6.07 Å². The topological polar surface area (TPSA) is 132 Å². The third kappa shape index (κ3) is 8.93. The second-order valence-corrected chi connectivity index (χ2v) is 24.3. The van der Waals surface area contributed by atoms with Crippen LogP contribution in [-0.2, 0) is 9.49 Å². The minimum absolute atomic E-state index is 0.250. The molecule has 2 aliphatic rings. The second kappa shape index (κ2) is 18.0. The summed E-state index contributed by atoms with van der Waals surface area (Å²) in [4.78, 5) is 16.1. The van der Waals surface area contributed by atoms with Gasteiger partial charge in [0.2, 0.25) is 0 Å². The molecule has 1 unspecified atom stereocenters. The predicted molar refractivity (Wildman–Crippen MR) is 212 cm³/mol. The number of benzene rings is 2. The fourth-order valence-corrected chi connectivity index (χ4v) is 15.2. The van der Waals surface area contributed by atoms with Crippen molar-refractivity contribution < 1.29 is 21.7 Å². The molecule has 12 heteroatoms. The van der Waals surface area contributed by atoms with Crippen LogP contribution in [0, 0.1) is 23.2 Å². The van der Waals surface area contributed by atoms with Crippen LogP contribution in [0.2, 0.25) is 5.02 Å². The monoisotopic (exact) mass is 821 g/mol. The molecule has 270 valence electrons. The number of aryl methyl sites for hydroxylation is 2. The summed E-state index contributed by atoms with van der Waals surface area (Å²) in [5, 5.41) is 7.86. The molecule has 0 saturated carbocycles. The first-order chi connectivity index (χ1) is 24.0. The van der Waals surface area contributed by atoms with Gasteiger partial charge in [-0.15, -0.1) is 26.3 Å². The Morgan fingerprint density at radius 1 is 1.12 bits per heavy atom. The maximum absolute atomic E-state index is 14.7. The maximum atomic E-state index is 14.7. The molecular formula is C38H47ClF2IN5O3. The first-order valence-corrected chi connectivity index (χ1v) is 23.3. The van der Waals surface area contributed by atoms with Crippen LogP contribution in [-0.4, -0.2) is 55.4 Å². The molecule has 2 aromatic heterocycles. The number of alkyl halides is 4. The van der Waals surface area contributed by atoms with Gasteiger partial charge in [0.1, 0.15) is 0 Å². The number of aliphatic hydroxyl groups is 1. The van der Waals surface area contributed by atoms with Gasteiger partial charge in [-0.3, -0.25) is 4.39 Å². The summed E-state index contributed by atoms with van der Waals surface area (Å²) in [7, 11) is 0. The van der Waals surface area contributed by atoms with Crippen molar-refractivity contribution in [3.05, 3.63) is 129 Å². The third-order valence-electron chi connectivity index (χ3n) is 8.09. The van der Waals surface area contributed by atoms with Gasteiger partial charge in [-0.1, -0.05) is 0 Å². The molecule has 8 nitrogen and oxygen atoms in total. The molecule has 1 saturated heterocycles. The summed E-state index contributed by atoms with van der Waals surface area (Å²) in [6.45, 7) is 15.5. The molecule has 1 atom stereocenters. The average Bonchev–Trinajstić information content (AvgIpc) is 3.74. The van der Waals surface area contributed by atoms with Gasteiger partial charge < -0.3 is 10.8 Å². The number of pyridine rings is 2. The van der Waals surface area contributed by atoms with E-state index < -0.39 is 24.1 Å². The van der Waals surface area contributed by atoms with Gasteiger partial charge in [-0.2, -0.15) is 0 Å². The van der Waals surface area contributed by atoms with E-state index in [9.17, 15) is 8.78 Å². The van der Waals surface area contributed by atoms with Crippen LogP contribution in [0.1, 0.15) is 46.0 Å². The molecule has 6 rings (SSSR count). The van der Waals surface area contributed by atoms with E-state index in [0.29, 0.717) is 50.7 Å². The molecule has 0 bridgehead atoms. The van der Waals surface area contributed by atoms with E-state index >= 15 is 0 Å². The van der Waals surface area contributed by atoms with Crippen molar-refractivity contribution in [3.8, 4) is 17.0 Å². The molecule has 4 heterocycles. The van der Waals surface area contributed by atoms with Gasteiger partial charge in [0, 0.05) is 0 Å². The van der Waals surface area contributed by atoms with Crippen LogP contribution >= 0.6 is 29.1 Å². The molecule has 0 amide bonds. The number of nitrogen functional groups attached to an aromatic ring is 1. The predicted octanol–water partition coefficient (Wildman–Crippen LogP) is 8.42. The molecule has 50 heavy (non-hydrogen) atoms. The van der Waals surface area contributed by atoms with E-state index in [2.05, 4.69) is 53.0 Å². The Morgan fingerprint density at radius 2 is 1.82 bits per heavy atom. The molecule has 1 spiro atoms. The Labute approximate surface area is 300 Å². The molecule has 0 radical (unpaired) electrons. The van der Waals surface area contributed by atoms with Crippen molar-refractivity contribution in [3.63, 3.8) is 0 Å². The number of rotatable bonds is 9. The molecule has 0 aliphatic carbocycles. The van der Waals surface area contributed by atoms with Gasteiger partial charge in [-0.05, 0) is 0 Å². The molecular weight excluding hydrogens is 775 g/mol. The van der Waals surface area contributed by atoms with Gasteiger partial charge in [0.05, 0.1) is 13.4 Å². The summed E-state index contributed by atoms with van der Waals surface area (Å²) in [6.07, 6.45) is 4.31. The summed E-state index contributed by atoms with van der Waals surface area (Å²) in [5.74, 6) is 0.0991. The molecule has 2 aromatic carbocycles. The van der Waals surface area contributed by atoms with Gasteiger partial charge in [0.25, 0.3) is 0 Å². The van der Waals surface area contributed by atoms with Crippen LogP contribution in [0.4, 0.5) is 14.5 Å². The normalized spacial score (nSPS) is 15.8. The summed E-state index contributed by atoms with van der Waals surface area (Å²) in [6, 6.07) is 14.7. The first-order valence-electron chi connectivity index (χ1n) is 15.8. The quantitative estimate of drug-likeness (QED) is 0.0226. The number of hydrogen-bond acceptors (Lipinski definition) is 8. The zero-order valence-corrected chi connectivity index (χ0v) is 31.8. The minimum atomic E-state index is -3.40. The number of fused-ring (bicyclic) bond motifs is 2. The van der Waals surface area contributed by atoms with E-state index in [0.717, 1.165) is 42.8 Å². The summed E-state index contributed by atoms with van der Waals surface area (Å²) >= 11 is 3.39. The zero-order chi connectivity index (χ0) is 37.1. The van der Waals surface area contributed by atoms with Gasteiger partial charge >= 0.3 is 247 Å². The maximum Gasteiger partial charge on any atom is 0.0906 e. The Morgan fingerprint density at radius 3 is 2.46 bits per heavy atom. The molecule has 5 N–H and O–H groups in total. The SMILES string of the molecule is C=C.C=C.Cc1cc(CC(c2cccc(F)c2)c2cc3c(c(-c4ccnc(C)c4Cl)n2)OCI32(C)CO2)cc(C=NCCCF)c1N.NCO. The number of aliphatic hydroxyl groups excluding tert-OH is 1. The fraction of sp³-hybridized carbons (Fsp3) is 0.289. The molecule has 1 fully saturated rings. The number of halogens is 4. The first kappa shape index (κ1) is 40.7. The van der Waals surface area contributed by atoms with Gasteiger partial charge in [-0.25, -0.2) is 0 Å². The number of hydrogen-bond donors (Lipinski definition) is 3.